The zero-order chi connectivity index (χ0) is 15.4. The maximum Gasteiger partial charge on any atom is 0.339 e. The Kier molecular flexibility index (Phi) is 4.80. The Hall–Kier alpha value is -2.08. The van der Waals surface area contributed by atoms with Gasteiger partial charge in [0.25, 0.3) is 0 Å². The number of carbonyl (C=O) groups is 2. The van der Waals surface area contributed by atoms with Crippen molar-refractivity contribution in [2.45, 2.75) is 25.8 Å². The highest BCUT2D eigenvalue weighted by Gasteiger charge is 2.27. The van der Waals surface area contributed by atoms with Crippen molar-refractivity contribution in [2.75, 3.05) is 19.0 Å². The van der Waals surface area contributed by atoms with Crippen molar-refractivity contribution in [3.63, 3.8) is 0 Å². The summed E-state index contributed by atoms with van der Waals surface area (Å²) in [7, 11) is 1.40. The molecule has 1 heterocycles. The Balaban J connectivity index is 2.12. The molecule has 114 valence electrons. The molecule has 0 spiro atoms. The molecule has 1 aliphatic heterocycles. The molecule has 1 saturated heterocycles. The van der Waals surface area contributed by atoms with Crippen LogP contribution in [-0.4, -0.2) is 36.7 Å². The first kappa shape index (κ1) is 15.3. The van der Waals surface area contributed by atoms with Crippen LogP contribution in [0.4, 0.5) is 5.69 Å². The van der Waals surface area contributed by atoms with Gasteiger partial charge in [-0.2, -0.15) is 0 Å². The zero-order valence-corrected chi connectivity index (χ0v) is 12.2. The molecule has 0 bridgehead atoms. The number of hydrogen-bond donors (Lipinski definition) is 3. The molecule has 0 saturated carbocycles. The molecular weight excluding hydrogens is 272 g/mol. The summed E-state index contributed by atoms with van der Waals surface area (Å²) in [6.07, 6.45) is 2.10. The number of amides is 1. The van der Waals surface area contributed by atoms with E-state index in [1.54, 1.807) is 6.07 Å². The normalized spacial score (nSPS) is 21.6. The molecule has 3 N–H and O–H groups in total. The number of ether oxygens (including phenoxy) is 1. The molecule has 1 amide bonds. The fourth-order valence-electron chi connectivity index (χ4n) is 2.57. The predicted molar refractivity (Wildman–Crippen MR) is 78.8 cm³/mol. The van der Waals surface area contributed by atoms with E-state index in [-0.39, 0.29) is 29.2 Å². The van der Waals surface area contributed by atoms with Gasteiger partial charge >= 0.3 is 5.97 Å². The van der Waals surface area contributed by atoms with Gasteiger partial charge in [0.2, 0.25) is 5.91 Å². The number of benzene rings is 1. The van der Waals surface area contributed by atoms with Gasteiger partial charge in [-0.25, -0.2) is 4.79 Å². The molecule has 2 atom stereocenters. The summed E-state index contributed by atoms with van der Waals surface area (Å²) in [5, 5.41) is 15.0. The van der Waals surface area contributed by atoms with E-state index in [1.165, 1.54) is 19.2 Å². The van der Waals surface area contributed by atoms with Crippen molar-refractivity contribution in [2.24, 2.45) is 5.92 Å². The Labute approximate surface area is 123 Å². The molecule has 1 aromatic rings. The number of nitrogens with one attached hydrogen (secondary N) is 2. The number of carboxylic acids is 1. The third-order valence-corrected chi connectivity index (χ3v) is 3.75. The molecule has 1 fully saturated rings. The van der Waals surface area contributed by atoms with Gasteiger partial charge in [0.05, 0.1) is 13.2 Å². The van der Waals surface area contributed by atoms with Crippen LogP contribution in [-0.2, 0) is 4.79 Å². The van der Waals surface area contributed by atoms with Crippen LogP contribution in [0.3, 0.4) is 0 Å². The minimum absolute atomic E-state index is 0.0691. The van der Waals surface area contributed by atoms with Crippen LogP contribution in [0.1, 0.15) is 30.1 Å². The van der Waals surface area contributed by atoms with Gasteiger partial charge in [-0.3, -0.25) is 4.79 Å². The van der Waals surface area contributed by atoms with Crippen molar-refractivity contribution in [3.8, 4) is 5.75 Å². The van der Waals surface area contributed by atoms with Crippen molar-refractivity contribution >= 4 is 17.6 Å². The van der Waals surface area contributed by atoms with E-state index >= 15 is 0 Å². The van der Waals surface area contributed by atoms with Crippen LogP contribution in [0.5, 0.6) is 5.75 Å². The lowest BCUT2D eigenvalue weighted by Gasteiger charge is -2.29. The van der Waals surface area contributed by atoms with Gasteiger partial charge in [0, 0.05) is 11.8 Å². The number of hydrogen-bond acceptors (Lipinski definition) is 4. The van der Waals surface area contributed by atoms with E-state index in [4.69, 9.17) is 9.84 Å². The monoisotopic (exact) mass is 292 g/mol. The summed E-state index contributed by atoms with van der Waals surface area (Å²) in [4.78, 5) is 23.3. The molecule has 21 heavy (non-hydrogen) atoms. The summed E-state index contributed by atoms with van der Waals surface area (Å²) in [5.74, 6) is -0.663. The smallest absolute Gasteiger partial charge is 0.339 e. The van der Waals surface area contributed by atoms with Crippen molar-refractivity contribution in [1.82, 2.24) is 5.32 Å². The van der Waals surface area contributed by atoms with Crippen LogP contribution in [0.25, 0.3) is 0 Å². The minimum atomic E-state index is -1.06. The van der Waals surface area contributed by atoms with Gasteiger partial charge in [0.15, 0.2) is 0 Å². The number of carbonyl (C=O) groups excluding carboxylic acids is 1. The quantitative estimate of drug-likeness (QED) is 0.786. The molecule has 1 aliphatic rings. The highest BCUT2D eigenvalue weighted by atomic mass is 16.5. The van der Waals surface area contributed by atoms with E-state index in [1.807, 2.05) is 6.92 Å². The topological polar surface area (TPSA) is 87.7 Å². The molecule has 0 aliphatic carbocycles. The lowest BCUT2D eigenvalue weighted by atomic mass is 9.92. The van der Waals surface area contributed by atoms with E-state index in [0.29, 0.717) is 5.69 Å². The second-order valence-corrected chi connectivity index (χ2v) is 5.26. The molecule has 2 unspecified atom stereocenters. The summed E-state index contributed by atoms with van der Waals surface area (Å²) in [5.41, 5.74) is 0.598. The van der Waals surface area contributed by atoms with E-state index in [2.05, 4.69) is 10.6 Å². The van der Waals surface area contributed by atoms with E-state index in [0.717, 1.165) is 19.4 Å². The molecule has 6 nitrogen and oxygen atoms in total. The Bertz CT molecular complexity index is 544. The Morgan fingerprint density at radius 3 is 2.81 bits per heavy atom. The van der Waals surface area contributed by atoms with Crippen molar-refractivity contribution in [3.05, 3.63) is 23.8 Å². The highest BCUT2D eigenvalue weighted by Crippen LogP contribution is 2.24. The number of anilines is 1. The van der Waals surface area contributed by atoms with Crippen molar-refractivity contribution in [1.29, 1.82) is 0 Å². The minimum Gasteiger partial charge on any atom is -0.496 e. The fraction of sp³-hybridized carbons (Fsp3) is 0.467. The zero-order valence-electron chi connectivity index (χ0n) is 12.2. The van der Waals surface area contributed by atoms with E-state index < -0.39 is 5.97 Å². The number of carboxylic acid groups (broad SMARTS) is 1. The van der Waals surface area contributed by atoms with Gasteiger partial charge in [0.1, 0.15) is 11.3 Å². The first-order valence-corrected chi connectivity index (χ1v) is 6.98. The highest BCUT2D eigenvalue weighted by molar-refractivity contribution is 5.97. The van der Waals surface area contributed by atoms with Crippen LogP contribution in [0, 0.1) is 5.92 Å². The van der Waals surface area contributed by atoms with Crippen LogP contribution < -0.4 is 15.4 Å². The number of aromatic carboxylic acids is 1. The molecule has 6 heteroatoms. The first-order chi connectivity index (χ1) is 10.0. The average Bonchev–Trinajstić information content (AvgIpc) is 2.47. The van der Waals surface area contributed by atoms with Gasteiger partial charge < -0.3 is 20.5 Å². The van der Waals surface area contributed by atoms with Crippen LogP contribution in [0.2, 0.25) is 0 Å². The second-order valence-electron chi connectivity index (χ2n) is 5.26. The molecule has 0 aromatic heterocycles. The predicted octanol–water partition coefficient (Wildman–Crippen LogP) is 1.72. The molecule has 1 aromatic carbocycles. The Morgan fingerprint density at radius 1 is 1.43 bits per heavy atom. The SMILES string of the molecule is COc1cc(NC(=O)C2NCCCC2C)ccc1C(=O)O. The van der Waals surface area contributed by atoms with Gasteiger partial charge in [-0.05, 0) is 37.4 Å². The fourth-order valence-corrected chi connectivity index (χ4v) is 2.57. The maximum absolute atomic E-state index is 12.3. The average molecular weight is 292 g/mol. The summed E-state index contributed by atoms with van der Waals surface area (Å²) in [6.45, 7) is 2.88. The van der Waals surface area contributed by atoms with Crippen LogP contribution >= 0.6 is 0 Å². The number of rotatable bonds is 4. The molecule has 2 rings (SSSR count). The lowest BCUT2D eigenvalue weighted by Crippen LogP contribution is -2.48. The largest absolute Gasteiger partial charge is 0.496 e. The third-order valence-electron chi connectivity index (χ3n) is 3.75. The maximum atomic E-state index is 12.3. The van der Waals surface area contributed by atoms with E-state index in [9.17, 15) is 9.59 Å². The number of piperidine rings is 1. The summed E-state index contributed by atoms with van der Waals surface area (Å²) >= 11 is 0. The first-order valence-electron chi connectivity index (χ1n) is 6.98. The summed E-state index contributed by atoms with van der Waals surface area (Å²) in [6, 6.07) is 4.30. The lowest BCUT2D eigenvalue weighted by molar-refractivity contribution is -0.119. The summed E-state index contributed by atoms with van der Waals surface area (Å²) < 4.78 is 5.05. The molecule has 0 radical (unpaired) electrons. The van der Waals surface area contributed by atoms with Gasteiger partial charge in [-0.1, -0.05) is 6.92 Å². The standard InChI is InChI=1S/C15H20N2O4/c1-9-4-3-7-16-13(9)14(18)17-10-5-6-11(15(19)20)12(8-10)21-2/h5-6,8-9,13,16H,3-4,7H2,1-2H3,(H,17,18)(H,19,20). The Morgan fingerprint density at radius 2 is 2.19 bits per heavy atom. The van der Waals surface area contributed by atoms with Crippen LogP contribution in [0.15, 0.2) is 18.2 Å². The number of methoxy groups -OCH3 is 1. The van der Waals surface area contributed by atoms with Gasteiger partial charge in [-0.15, -0.1) is 0 Å². The van der Waals surface area contributed by atoms with Crippen molar-refractivity contribution < 1.29 is 19.4 Å². The third kappa shape index (κ3) is 3.52. The second kappa shape index (κ2) is 6.58. The molecular formula is C15H20N2O4.